The molecule has 5 heterocycles. The Bertz CT molecular complexity index is 1390. The van der Waals surface area contributed by atoms with E-state index in [0.29, 0.717) is 6.04 Å². The van der Waals surface area contributed by atoms with E-state index < -0.39 is 24.3 Å². The van der Waals surface area contributed by atoms with Gasteiger partial charge < -0.3 is 19.8 Å². The molecule has 3 aliphatic rings. The molecule has 1 saturated carbocycles. The highest BCUT2D eigenvalue weighted by Crippen LogP contribution is 2.35. The number of carboxylic acid groups (broad SMARTS) is 2. The number of aromatic nitrogens is 3. The van der Waals surface area contributed by atoms with Crippen LogP contribution in [0.2, 0.25) is 0 Å². The molecule has 2 N–H and O–H groups in total. The Labute approximate surface area is 257 Å². The first-order valence-corrected chi connectivity index (χ1v) is 14.9. The second-order valence-corrected chi connectivity index (χ2v) is 11.6. The van der Waals surface area contributed by atoms with Crippen LogP contribution in [-0.4, -0.2) is 111 Å². The van der Waals surface area contributed by atoms with Crippen molar-refractivity contribution in [2.75, 3.05) is 57.4 Å². The van der Waals surface area contributed by atoms with Crippen molar-refractivity contribution in [2.45, 2.75) is 37.8 Å². The molecule has 6 rings (SSSR count). The van der Waals surface area contributed by atoms with E-state index in [9.17, 15) is 26.3 Å². The summed E-state index contributed by atoms with van der Waals surface area (Å²) in [6.45, 7) is 8.84. The van der Waals surface area contributed by atoms with Crippen LogP contribution in [0.3, 0.4) is 0 Å². The van der Waals surface area contributed by atoms with E-state index in [0.717, 1.165) is 64.0 Å². The van der Waals surface area contributed by atoms with Gasteiger partial charge in [-0.15, -0.1) is 11.3 Å². The van der Waals surface area contributed by atoms with Gasteiger partial charge in [0.25, 0.3) is 0 Å². The number of thiazole rings is 1. The van der Waals surface area contributed by atoms with Crippen molar-refractivity contribution in [3.8, 4) is 0 Å². The van der Waals surface area contributed by atoms with Crippen molar-refractivity contribution >= 4 is 34.7 Å². The maximum absolute atomic E-state index is 10.6. The summed E-state index contributed by atoms with van der Waals surface area (Å²) in [6.07, 6.45) is -3.19. The molecule has 2 aliphatic heterocycles. The lowest BCUT2D eigenvalue weighted by molar-refractivity contribution is -0.193. The van der Waals surface area contributed by atoms with Crippen LogP contribution in [0.5, 0.6) is 0 Å². The average molecular weight is 667 g/mol. The summed E-state index contributed by atoms with van der Waals surface area (Å²) < 4.78 is 71.3. The Kier molecular flexibility index (Phi) is 11.3. The molecule has 11 nitrogen and oxygen atoms in total. The smallest absolute Gasteiger partial charge is 0.475 e. The predicted molar refractivity (Wildman–Crippen MR) is 150 cm³/mol. The standard InChI is InChI=1S/C23H30N6OS.2C2HF3O2/c1-2-21-25-19(15-29(21)23(3-1)27-9-11-30-12-10-27)20-16-26(17-22-24-6-13-31-22)7-8-28(20)14-18-4-5-18;2*3-2(4,5)1(6)7/h1-3,6,13,15,18,20H,4-5,7-12,14,16-17H2;2*(H,6,7). The van der Waals surface area contributed by atoms with Crippen molar-refractivity contribution in [1.29, 1.82) is 0 Å². The second-order valence-electron chi connectivity index (χ2n) is 10.6. The third-order valence-corrected chi connectivity index (χ3v) is 8.02. The zero-order valence-corrected chi connectivity index (χ0v) is 24.7. The summed E-state index contributed by atoms with van der Waals surface area (Å²) in [6, 6.07) is 6.82. The molecule has 2 saturated heterocycles. The topological polar surface area (TPSA) is 124 Å². The van der Waals surface area contributed by atoms with Crippen molar-refractivity contribution < 1.29 is 50.9 Å². The first kappa shape index (κ1) is 34.4. The van der Waals surface area contributed by atoms with Gasteiger partial charge in [0, 0.05) is 57.0 Å². The van der Waals surface area contributed by atoms with Crippen LogP contribution in [0.15, 0.2) is 36.0 Å². The van der Waals surface area contributed by atoms with E-state index >= 15 is 0 Å². The van der Waals surface area contributed by atoms with E-state index in [1.165, 1.54) is 35.9 Å². The minimum absolute atomic E-state index is 0.340. The molecule has 0 spiro atoms. The van der Waals surface area contributed by atoms with Gasteiger partial charge in [-0.05, 0) is 30.9 Å². The molecule has 3 aromatic rings. The number of rotatable bonds is 6. The van der Waals surface area contributed by atoms with Crippen LogP contribution >= 0.6 is 11.3 Å². The molecule has 45 heavy (non-hydrogen) atoms. The van der Waals surface area contributed by atoms with Gasteiger partial charge in [-0.2, -0.15) is 26.3 Å². The predicted octanol–water partition coefficient (Wildman–Crippen LogP) is 4.16. The Balaban J connectivity index is 0.000000277. The van der Waals surface area contributed by atoms with Crippen LogP contribution in [0.25, 0.3) is 5.65 Å². The first-order chi connectivity index (χ1) is 21.2. The molecular formula is C27H32F6N6O5S. The molecule has 0 bridgehead atoms. The monoisotopic (exact) mass is 666 g/mol. The maximum atomic E-state index is 10.6. The number of alkyl halides is 6. The van der Waals surface area contributed by atoms with E-state index in [2.05, 4.69) is 53.9 Å². The van der Waals surface area contributed by atoms with Crippen LogP contribution in [0, 0.1) is 5.92 Å². The minimum Gasteiger partial charge on any atom is -0.475 e. The number of halogens is 6. The summed E-state index contributed by atoms with van der Waals surface area (Å²) in [5, 5.41) is 17.5. The Morgan fingerprint density at radius 3 is 2.18 bits per heavy atom. The first-order valence-electron chi connectivity index (χ1n) is 14.0. The molecule has 1 unspecified atom stereocenters. The summed E-state index contributed by atoms with van der Waals surface area (Å²) >= 11 is 1.75. The lowest BCUT2D eigenvalue weighted by Crippen LogP contribution is -2.48. The third-order valence-electron chi connectivity index (χ3n) is 7.26. The normalized spacial score (nSPS) is 19.8. The summed E-state index contributed by atoms with van der Waals surface area (Å²) in [5.74, 6) is -3.40. The number of aliphatic carboxylic acids is 2. The Morgan fingerprint density at radius 1 is 0.978 bits per heavy atom. The van der Waals surface area contributed by atoms with E-state index in [4.69, 9.17) is 29.5 Å². The molecule has 3 fully saturated rings. The number of nitrogens with zero attached hydrogens (tertiary/aromatic N) is 6. The number of fused-ring (bicyclic) bond motifs is 1. The second kappa shape index (κ2) is 14.7. The van der Waals surface area contributed by atoms with Gasteiger partial charge in [0.1, 0.15) is 16.5 Å². The van der Waals surface area contributed by atoms with Crippen molar-refractivity contribution in [3.05, 3.63) is 46.7 Å². The molecular weight excluding hydrogens is 634 g/mol. The maximum Gasteiger partial charge on any atom is 0.490 e. The number of imidazole rings is 1. The molecule has 1 atom stereocenters. The van der Waals surface area contributed by atoms with Gasteiger partial charge in [-0.1, -0.05) is 6.07 Å². The fourth-order valence-corrected chi connectivity index (χ4v) is 5.56. The molecule has 3 aromatic heterocycles. The summed E-state index contributed by atoms with van der Waals surface area (Å²) in [5.41, 5.74) is 2.24. The number of hydrogen-bond acceptors (Lipinski definition) is 9. The average Bonchev–Trinajstić information content (AvgIpc) is 3.45. The van der Waals surface area contributed by atoms with Crippen molar-refractivity contribution in [2.24, 2.45) is 5.92 Å². The highest BCUT2D eigenvalue weighted by molar-refractivity contribution is 7.09. The quantitative estimate of drug-likeness (QED) is 0.371. The van der Waals surface area contributed by atoms with Crippen molar-refractivity contribution in [1.82, 2.24) is 24.2 Å². The number of carbonyl (C=O) groups is 2. The molecule has 0 aromatic carbocycles. The fraction of sp³-hybridized carbons (Fsp3) is 0.556. The van der Waals surface area contributed by atoms with Gasteiger partial charge in [-0.25, -0.2) is 19.6 Å². The third kappa shape index (κ3) is 10.0. The van der Waals surface area contributed by atoms with Crippen LogP contribution in [0.4, 0.5) is 32.2 Å². The minimum atomic E-state index is -5.08. The SMILES string of the molecule is O=C(O)C(F)(F)F.O=C(O)C(F)(F)F.c1cc(N2CCOCC2)n2cc(C3CN(Cc4nccs4)CCN3CC3CC3)nc2c1. The van der Waals surface area contributed by atoms with E-state index in [-0.39, 0.29) is 0 Å². The molecule has 0 radical (unpaired) electrons. The number of ether oxygens (including phenoxy) is 1. The highest BCUT2D eigenvalue weighted by Gasteiger charge is 2.39. The van der Waals surface area contributed by atoms with Crippen LogP contribution in [0.1, 0.15) is 29.6 Å². The van der Waals surface area contributed by atoms with Gasteiger partial charge >= 0.3 is 24.3 Å². The molecule has 0 amide bonds. The van der Waals surface area contributed by atoms with Gasteiger partial charge in [0.05, 0.1) is 31.5 Å². The largest absolute Gasteiger partial charge is 0.490 e. The highest BCUT2D eigenvalue weighted by atomic mass is 32.1. The van der Waals surface area contributed by atoms with E-state index in [1.54, 1.807) is 11.3 Å². The van der Waals surface area contributed by atoms with Gasteiger partial charge in [0.2, 0.25) is 0 Å². The summed E-state index contributed by atoms with van der Waals surface area (Å²) in [7, 11) is 0. The lowest BCUT2D eigenvalue weighted by Gasteiger charge is -2.40. The Morgan fingerprint density at radius 2 is 1.62 bits per heavy atom. The zero-order valence-electron chi connectivity index (χ0n) is 23.9. The molecule has 248 valence electrons. The molecule has 18 heteroatoms. The number of anilines is 1. The number of morpholine rings is 1. The van der Waals surface area contributed by atoms with Gasteiger partial charge in [0.15, 0.2) is 0 Å². The summed E-state index contributed by atoms with van der Waals surface area (Å²) in [4.78, 5) is 35.1. The number of hydrogen-bond donors (Lipinski definition) is 2. The van der Waals surface area contributed by atoms with Gasteiger partial charge in [-0.3, -0.25) is 14.2 Å². The Hall–Kier alpha value is -3.48. The number of carboxylic acids is 2. The lowest BCUT2D eigenvalue weighted by atomic mass is 10.1. The number of piperazine rings is 1. The number of pyridine rings is 1. The fourth-order valence-electron chi connectivity index (χ4n) is 4.90. The van der Waals surface area contributed by atoms with Crippen LogP contribution in [-0.2, 0) is 20.9 Å². The zero-order chi connectivity index (χ0) is 32.8. The van der Waals surface area contributed by atoms with Crippen LogP contribution < -0.4 is 4.90 Å². The van der Waals surface area contributed by atoms with E-state index in [1.807, 2.05) is 6.20 Å². The van der Waals surface area contributed by atoms with Crippen molar-refractivity contribution in [3.63, 3.8) is 0 Å². The molecule has 1 aliphatic carbocycles.